The van der Waals surface area contributed by atoms with E-state index in [0.717, 1.165) is 37.4 Å². The van der Waals surface area contributed by atoms with Crippen molar-refractivity contribution in [3.8, 4) is 0 Å². The fraction of sp³-hybridized carbons (Fsp3) is 0.545. The second-order valence-corrected chi connectivity index (χ2v) is 5.89. The van der Waals surface area contributed by atoms with E-state index in [4.69, 9.17) is 5.14 Å². The summed E-state index contributed by atoms with van der Waals surface area (Å²) in [5.41, 5.74) is 0.984. The van der Waals surface area contributed by atoms with Gasteiger partial charge in [0.15, 0.2) is 0 Å². The average molecular weight is 270 g/mol. The molecule has 1 fully saturated rings. The molecule has 1 aliphatic heterocycles. The number of nitrogens with two attached hydrogens (primary N) is 1. The van der Waals surface area contributed by atoms with E-state index >= 15 is 0 Å². The molecule has 1 aromatic rings. The summed E-state index contributed by atoms with van der Waals surface area (Å²) in [6.07, 6.45) is 1.48. The molecule has 1 aliphatic rings. The van der Waals surface area contributed by atoms with Crippen LogP contribution in [0.1, 0.15) is 18.5 Å². The van der Waals surface area contributed by atoms with Crippen LogP contribution >= 0.6 is 0 Å². The smallest absolute Gasteiger partial charge is 0.274 e. The van der Waals surface area contributed by atoms with Gasteiger partial charge in [-0.2, -0.15) is 13.1 Å². The normalized spacial score (nSPS) is 18.0. The lowest BCUT2D eigenvalue weighted by Gasteiger charge is -2.32. The van der Waals surface area contributed by atoms with Crippen LogP contribution < -0.4 is 14.8 Å². The first-order valence-electron chi connectivity index (χ1n) is 5.93. The zero-order valence-corrected chi connectivity index (χ0v) is 11.2. The number of rotatable bonds is 3. The van der Waals surface area contributed by atoms with Gasteiger partial charge in [0.2, 0.25) is 0 Å². The molecule has 0 aliphatic carbocycles. The number of pyridine rings is 1. The predicted molar refractivity (Wildman–Crippen MR) is 70.5 cm³/mol. The molecule has 2 rings (SSSR count). The van der Waals surface area contributed by atoms with Crippen LogP contribution in [0, 0.1) is 6.92 Å². The molecule has 0 saturated carbocycles. The Balaban J connectivity index is 1.94. The molecule has 2 heterocycles. The van der Waals surface area contributed by atoms with Crippen molar-refractivity contribution in [2.45, 2.75) is 25.8 Å². The van der Waals surface area contributed by atoms with Crippen molar-refractivity contribution >= 4 is 16.0 Å². The highest BCUT2D eigenvalue weighted by Crippen LogP contribution is 2.18. The van der Waals surface area contributed by atoms with Gasteiger partial charge in [-0.3, -0.25) is 0 Å². The number of piperidine rings is 1. The van der Waals surface area contributed by atoms with Crippen LogP contribution in [0.5, 0.6) is 0 Å². The minimum absolute atomic E-state index is 0.0685. The monoisotopic (exact) mass is 270 g/mol. The first-order valence-corrected chi connectivity index (χ1v) is 7.47. The Morgan fingerprint density at radius 1 is 1.39 bits per heavy atom. The van der Waals surface area contributed by atoms with Crippen molar-refractivity contribution in [1.29, 1.82) is 0 Å². The van der Waals surface area contributed by atoms with E-state index in [0.29, 0.717) is 0 Å². The molecule has 0 atom stereocenters. The zero-order valence-electron chi connectivity index (χ0n) is 10.3. The summed E-state index contributed by atoms with van der Waals surface area (Å²) in [5, 5.41) is 4.97. The van der Waals surface area contributed by atoms with Crippen LogP contribution in [-0.2, 0) is 10.2 Å². The molecule has 1 saturated heterocycles. The van der Waals surface area contributed by atoms with Gasteiger partial charge in [-0.25, -0.2) is 10.1 Å². The van der Waals surface area contributed by atoms with Gasteiger partial charge in [0.1, 0.15) is 5.82 Å². The van der Waals surface area contributed by atoms with Gasteiger partial charge in [0.25, 0.3) is 10.2 Å². The minimum Gasteiger partial charge on any atom is -0.356 e. The number of nitrogens with one attached hydrogen (secondary N) is 1. The molecule has 0 unspecified atom stereocenters. The average Bonchev–Trinajstić information content (AvgIpc) is 2.28. The van der Waals surface area contributed by atoms with Crippen LogP contribution in [0.25, 0.3) is 0 Å². The molecular weight excluding hydrogens is 252 g/mol. The van der Waals surface area contributed by atoms with Gasteiger partial charge < -0.3 is 4.90 Å². The maximum absolute atomic E-state index is 10.9. The summed E-state index contributed by atoms with van der Waals surface area (Å²) in [6.45, 7) is 3.52. The van der Waals surface area contributed by atoms with Gasteiger partial charge >= 0.3 is 0 Å². The minimum atomic E-state index is -3.60. The molecule has 3 N–H and O–H groups in total. The summed E-state index contributed by atoms with van der Waals surface area (Å²) in [4.78, 5) is 6.62. The fourth-order valence-corrected chi connectivity index (χ4v) is 2.86. The summed E-state index contributed by atoms with van der Waals surface area (Å²) in [5.74, 6) is 0.948. The lowest BCUT2D eigenvalue weighted by atomic mass is 10.1. The third kappa shape index (κ3) is 3.66. The SMILES string of the molecule is Cc1cccc(N2CCC(NS(N)(=O)=O)CC2)n1. The second-order valence-electron chi connectivity index (χ2n) is 4.56. The number of nitrogens with zero attached hydrogens (tertiary/aromatic N) is 2. The lowest BCUT2D eigenvalue weighted by molar-refractivity contribution is 0.458. The van der Waals surface area contributed by atoms with Crippen LogP contribution in [0.15, 0.2) is 18.2 Å². The number of aromatic nitrogens is 1. The number of hydrogen-bond donors (Lipinski definition) is 2. The third-order valence-electron chi connectivity index (χ3n) is 3.02. The van der Waals surface area contributed by atoms with Gasteiger partial charge in [-0.15, -0.1) is 0 Å². The van der Waals surface area contributed by atoms with Gasteiger partial charge in [0, 0.05) is 24.8 Å². The standard InChI is InChI=1S/C11H18N4O2S/c1-9-3-2-4-11(13-9)15-7-5-10(6-8-15)14-18(12,16)17/h2-4,10,14H,5-8H2,1H3,(H2,12,16,17). The van der Waals surface area contributed by atoms with Crippen molar-refractivity contribution in [3.63, 3.8) is 0 Å². The first kappa shape index (κ1) is 13.3. The van der Waals surface area contributed by atoms with E-state index in [1.165, 1.54) is 0 Å². The molecule has 18 heavy (non-hydrogen) atoms. The predicted octanol–water partition coefficient (Wildman–Crippen LogP) is 0.152. The summed E-state index contributed by atoms with van der Waals surface area (Å²) >= 11 is 0. The van der Waals surface area contributed by atoms with Crippen molar-refractivity contribution in [3.05, 3.63) is 23.9 Å². The van der Waals surface area contributed by atoms with E-state index < -0.39 is 10.2 Å². The van der Waals surface area contributed by atoms with E-state index in [2.05, 4.69) is 14.6 Å². The van der Waals surface area contributed by atoms with Gasteiger partial charge in [-0.1, -0.05) is 6.07 Å². The van der Waals surface area contributed by atoms with Crippen molar-refractivity contribution in [2.75, 3.05) is 18.0 Å². The van der Waals surface area contributed by atoms with Crippen LogP contribution in [0.2, 0.25) is 0 Å². The Hall–Kier alpha value is -1.18. The van der Waals surface area contributed by atoms with Gasteiger partial charge in [0.05, 0.1) is 0 Å². The highest BCUT2D eigenvalue weighted by molar-refractivity contribution is 7.87. The second kappa shape index (κ2) is 5.21. The quantitative estimate of drug-likeness (QED) is 0.818. The van der Waals surface area contributed by atoms with E-state index in [1.807, 2.05) is 25.1 Å². The van der Waals surface area contributed by atoms with Crippen LogP contribution in [-0.4, -0.2) is 32.5 Å². The van der Waals surface area contributed by atoms with Crippen molar-refractivity contribution in [1.82, 2.24) is 9.71 Å². The van der Waals surface area contributed by atoms with Crippen molar-refractivity contribution < 1.29 is 8.42 Å². The first-order chi connectivity index (χ1) is 8.44. The summed E-state index contributed by atoms with van der Waals surface area (Å²) < 4.78 is 24.3. The molecule has 0 bridgehead atoms. The Morgan fingerprint density at radius 2 is 2.06 bits per heavy atom. The molecule has 6 nitrogen and oxygen atoms in total. The molecule has 100 valence electrons. The lowest BCUT2D eigenvalue weighted by Crippen LogP contribution is -2.46. The summed E-state index contributed by atoms with van der Waals surface area (Å²) in [6, 6.07) is 5.84. The molecular formula is C11H18N4O2S. The Labute approximate surface area is 107 Å². The van der Waals surface area contributed by atoms with E-state index in [9.17, 15) is 8.42 Å². The Morgan fingerprint density at radius 3 is 2.61 bits per heavy atom. The molecule has 0 amide bonds. The highest BCUT2D eigenvalue weighted by atomic mass is 32.2. The molecule has 7 heteroatoms. The van der Waals surface area contributed by atoms with Crippen LogP contribution in [0.4, 0.5) is 5.82 Å². The van der Waals surface area contributed by atoms with Crippen LogP contribution in [0.3, 0.4) is 0 Å². The molecule has 0 spiro atoms. The topological polar surface area (TPSA) is 88.3 Å². The number of aryl methyl sites for hydroxylation is 1. The van der Waals surface area contributed by atoms with Crippen molar-refractivity contribution in [2.24, 2.45) is 5.14 Å². The Bertz CT molecular complexity index is 510. The van der Waals surface area contributed by atoms with Gasteiger partial charge in [-0.05, 0) is 31.9 Å². The Kier molecular flexibility index (Phi) is 3.84. The number of anilines is 1. The van der Waals surface area contributed by atoms with E-state index in [1.54, 1.807) is 0 Å². The number of hydrogen-bond acceptors (Lipinski definition) is 4. The maximum Gasteiger partial charge on any atom is 0.274 e. The third-order valence-corrected chi connectivity index (χ3v) is 3.69. The maximum atomic E-state index is 10.9. The molecule has 0 aromatic carbocycles. The summed E-state index contributed by atoms with van der Waals surface area (Å²) in [7, 11) is -3.60. The largest absolute Gasteiger partial charge is 0.356 e. The fourth-order valence-electron chi connectivity index (χ4n) is 2.16. The van der Waals surface area contributed by atoms with E-state index in [-0.39, 0.29) is 6.04 Å². The highest BCUT2D eigenvalue weighted by Gasteiger charge is 2.22. The molecule has 1 aromatic heterocycles. The zero-order chi connectivity index (χ0) is 13.2. The molecule has 0 radical (unpaired) electrons.